The molecule has 3 aromatic heterocycles. The summed E-state index contributed by atoms with van der Waals surface area (Å²) in [7, 11) is 1.69. The van der Waals surface area contributed by atoms with Gasteiger partial charge in [0.25, 0.3) is 11.6 Å². The van der Waals surface area contributed by atoms with E-state index in [-0.39, 0.29) is 11.9 Å². The molecule has 3 aromatic rings. The SMILES string of the molecule is Cc1noc2nc(-c3ccco3)cc(C(=O)N3CCCC3CN(C)C(=O)OC(C)(C)C)c12. The van der Waals surface area contributed by atoms with Gasteiger partial charge in [-0.3, -0.25) is 4.79 Å². The number of rotatable bonds is 4. The first kappa shape index (κ1) is 21.9. The third kappa shape index (κ3) is 4.32. The highest BCUT2D eigenvalue weighted by Crippen LogP contribution is 2.30. The molecule has 0 saturated carbocycles. The lowest BCUT2D eigenvalue weighted by atomic mass is 10.1. The van der Waals surface area contributed by atoms with E-state index in [1.807, 2.05) is 25.7 Å². The summed E-state index contributed by atoms with van der Waals surface area (Å²) in [6, 6.07) is 5.15. The van der Waals surface area contributed by atoms with Crippen molar-refractivity contribution in [3.05, 3.63) is 35.7 Å². The zero-order valence-electron chi connectivity index (χ0n) is 19.0. The minimum absolute atomic E-state index is 0.115. The Labute approximate surface area is 186 Å². The van der Waals surface area contributed by atoms with Gasteiger partial charge < -0.3 is 23.5 Å². The molecule has 1 fully saturated rings. The fraction of sp³-hybridized carbons (Fsp3) is 0.478. The van der Waals surface area contributed by atoms with Crippen LogP contribution in [0.5, 0.6) is 0 Å². The lowest BCUT2D eigenvalue weighted by Crippen LogP contribution is -2.45. The van der Waals surface area contributed by atoms with Crippen LogP contribution in [0.25, 0.3) is 22.6 Å². The van der Waals surface area contributed by atoms with Crippen molar-refractivity contribution in [1.82, 2.24) is 19.9 Å². The van der Waals surface area contributed by atoms with Gasteiger partial charge in [-0.1, -0.05) is 5.16 Å². The average Bonchev–Trinajstić information content (AvgIpc) is 3.47. The molecule has 0 radical (unpaired) electrons. The summed E-state index contributed by atoms with van der Waals surface area (Å²) in [5.74, 6) is 0.397. The molecule has 0 spiro atoms. The van der Waals surface area contributed by atoms with Crippen LogP contribution in [0.3, 0.4) is 0 Å². The van der Waals surface area contributed by atoms with Gasteiger partial charge >= 0.3 is 6.09 Å². The number of carbonyl (C=O) groups excluding carboxylic acids is 2. The van der Waals surface area contributed by atoms with Crippen molar-refractivity contribution in [2.45, 2.75) is 52.2 Å². The Kier molecular flexibility index (Phi) is 5.66. The van der Waals surface area contributed by atoms with Crippen LogP contribution < -0.4 is 0 Å². The van der Waals surface area contributed by atoms with E-state index in [1.165, 1.54) is 4.90 Å². The molecule has 0 bridgehead atoms. The molecule has 1 atom stereocenters. The Balaban J connectivity index is 1.62. The lowest BCUT2D eigenvalue weighted by molar-refractivity contribution is 0.0252. The van der Waals surface area contributed by atoms with E-state index in [1.54, 1.807) is 38.4 Å². The molecule has 2 amide bonds. The Bertz CT molecular complexity index is 1130. The molecule has 0 aromatic carbocycles. The molecule has 9 heteroatoms. The zero-order chi connectivity index (χ0) is 23.0. The van der Waals surface area contributed by atoms with Gasteiger partial charge in [0, 0.05) is 26.2 Å². The normalized spacial score (nSPS) is 16.5. The average molecular weight is 441 g/mol. The van der Waals surface area contributed by atoms with Crippen LogP contribution in [-0.2, 0) is 4.74 Å². The standard InChI is InChI=1S/C23H28N4O5/c1-14-19-16(12-17(18-9-7-11-30-18)24-20(19)32-25-14)21(28)27-10-6-8-15(27)13-26(5)22(29)31-23(2,3)4/h7,9,11-12,15H,6,8,10,13H2,1-5H3. The van der Waals surface area contributed by atoms with Crippen molar-refractivity contribution in [2.75, 3.05) is 20.1 Å². The molecule has 0 N–H and O–H groups in total. The molecule has 1 saturated heterocycles. The Morgan fingerprint density at radius 2 is 2.12 bits per heavy atom. The van der Waals surface area contributed by atoms with E-state index in [0.29, 0.717) is 46.9 Å². The summed E-state index contributed by atoms with van der Waals surface area (Å²) in [6.45, 7) is 8.27. The molecule has 1 aliphatic rings. The van der Waals surface area contributed by atoms with Crippen LogP contribution in [-0.4, -0.2) is 63.7 Å². The van der Waals surface area contributed by atoms with Crippen molar-refractivity contribution < 1.29 is 23.3 Å². The maximum atomic E-state index is 13.7. The number of aryl methyl sites for hydroxylation is 1. The number of hydrogen-bond acceptors (Lipinski definition) is 7. The number of carbonyl (C=O) groups is 2. The van der Waals surface area contributed by atoms with Crippen LogP contribution in [0, 0.1) is 6.92 Å². The fourth-order valence-corrected chi connectivity index (χ4v) is 3.99. The molecule has 32 heavy (non-hydrogen) atoms. The van der Waals surface area contributed by atoms with Gasteiger partial charge in [0.15, 0.2) is 5.76 Å². The summed E-state index contributed by atoms with van der Waals surface area (Å²) in [4.78, 5) is 33.9. The molecule has 1 aliphatic heterocycles. The smallest absolute Gasteiger partial charge is 0.410 e. The molecule has 170 valence electrons. The van der Waals surface area contributed by atoms with E-state index < -0.39 is 11.7 Å². The van der Waals surface area contributed by atoms with Gasteiger partial charge in [-0.15, -0.1) is 0 Å². The maximum Gasteiger partial charge on any atom is 0.410 e. The number of ether oxygens (including phenoxy) is 1. The molecule has 9 nitrogen and oxygen atoms in total. The van der Waals surface area contributed by atoms with Gasteiger partial charge in [-0.25, -0.2) is 9.78 Å². The van der Waals surface area contributed by atoms with Gasteiger partial charge in [-0.05, 0) is 58.7 Å². The topological polar surface area (TPSA) is 102 Å². The Hall–Kier alpha value is -3.36. The Morgan fingerprint density at radius 1 is 1.34 bits per heavy atom. The first-order valence-corrected chi connectivity index (χ1v) is 10.7. The summed E-state index contributed by atoms with van der Waals surface area (Å²) in [5, 5.41) is 4.60. The number of pyridine rings is 1. The van der Waals surface area contributed by atoms with E-state index in [0.717, 1.165) is 12.8 Å². The zero-order valence-corrected chi connectivity index (χ0v) is 19.0. The molecular weight excluding hydrogens is 412 g/mol. The van der Waals surface area contributed by atoms with E-state index in [9.17, 15) is 9.59 Å². The highest BCUT2D eigenvalue weighted by atomic mass is 16.6. The van der Waals surface area contributed by atoms with Gasteiger partial charge in [0.05, 0.1) is 22.9 Å². The number of likely N-dealkylation sites (tertiary alicyclic amines) is 1. The fourth-order valence-electron chi connectivity index (χ4n) is 3.99. The minimum atomic E-state index is -0.576. The van der Waals surface area contributed by atoms with Gasteiger partial charge in [0.1, 0.15) is 11.3 Å². The van der Waals surface area contributed by atoms with Crippen LogP contribution in [0.4, 0.5) is 4.79 Å². The van der Waals surface area contributed by atoms with Gasteiger partial charge in [0.2, 0.25) is 0 Å². The largest absolute Gasteiger partial charge is 0.463 e. The van der Waals surface area contributed by atoms with Crippen molar-refractivity contribution in [3.8, 4) is 11.5 Å². The first-order valence-electron chi connectivity index (χ1n) is 10.7. The van der Waals surface area contributed by atoms with Crippen molar-refractivity contribution >= 4 is 23.1 Å². The van der Waals surface area contributed by atoms with E-state index >= 15 is 0 Å². The van der Waals surface area contributed by atoms with Crippen molar-refractivity contribution in [2.24, 2.45) is 0 Å². The second kappa shape index (κ2) is 8.29. The van der Waals surface area contributed by atoms with Crippen LogP contribution in [0.15, 0.2) is 33.4 Å². The second-order valence-electron chi connectivity index (χ2n) is 9.14. The van der Waals surface area contributed by atoms with Gasteiger partial charge in [-0.2, -0.15) is 0 Å². The quantitative estimate of drug-likeness (QED) is 0.597. The second-order valence-corrected chi connectivity index (χ2v) is 9.14. The number of amides is 2. The highest BCUT2D eigenvalue weighted by Gasteiger charge is 2.34. The monoisotopic (exact) mass is 440 g/mol. The number of likely N-dealkylation sites (N-methyl/N-ethyl adjacent to an activating group) is 1. The number of nitrogens with zero attached hydrogens (tertiary/aromatic N) is 4. The number of furan rings is 1. The molecule has 4 rings (SSSR count). The summed E-state index contributed by atoms with van der Waals surface area (Å²) >= 11 is 0. The summed E-state index contributed by atoms with van der Waals surface area (Å²) in [5.41, 5.74) is 1.29. The maximum absolute atomic E-state index is 13.7. The summed E-state index contributed by atoms with van der Waals surface area (Å²) < 4.78 is 16.3. The van der Waals surface area contributed by atoms with Crippen LogP contribution >= 0.6 is 0 Å². The number of hydrogen-bond donors (Lipinski definition) is 0. The minimum Gasteiger partial charge on any atom is -0.463 e. The predicted molar refractivity (Wildman–Crippen MR) is 117 cm³/mol. The number of fused-ring (bicyclic) bond motifs is 1. The van der Waals surface area contributed by atoms with E-state index in [2.05, 4.69) is 10.1 Å². The highest BCUT2D eigenvalue weighted by molar-refractivity contribution is 6.07. The molecule has 0 aliphatic carbocycles. The lowest BCUT2D eigenvalue weighted by Gasteiger charge is -2.30. The predicted octanol–water partition coefficient (Wildman–Crippen LogP) is 4.26. The third-order valence-corrected chi connectivity index (χ3v) is 5.45. The van der Waals surface area contributed by atoms with E-state index in [4.69, 9.17) is 13.7 Å². The number of aromatic nitrogens is 2. The summed E-state index contributed by atoms with van der Waals surface area (Å²) in [6.07, 6.45) is 2.82. The van der Waals surface area contributed by atoms with Crippen molar-refractivity contribution in [1.29, 1.82) is 0 Å². The van der Waals surface area contributed by atoms with Crippen molar-refractivity contribution in [3.63, 3.8) is 0 Å². The third-order valence-electron chi connectivity index (χ3n) is 5.45. The first-order chi connectivity index (χ1) is 15.1. The van der Waals surface area contributed by atoms with Crippen LogP contribution in [0.2, 0.25) is 0 Å². The Morgan fingerprint density at radius 3 is 2.81 bits per heavy atom. The molecule has 1 unspecified atom stereocenters. The van der Waals surface area contributed by atoms with Crippen LogP contribution in [0.1, 0.15) is 49.7 Å². The molecular formula is C23H28N4O5. The molecule has 4 heterocycles.